The first kappa shape index (κ1) is 22.9. The van der Waals surface area contributed by atoms with E-state index in [4.69, 9.17) is 15.8 Å². The molecule has 0 spiro atoms. The van der Waals surface area contributed by atoms with Crippen molar-refractivity contribution in [3.8, 4) is 0 Å². The van der Waals surface area contributed by atoms with Gasteiger partial charge in [-0.15, -0.1) is 0 Å². The minimum absolute atomic E-state index is 0.255. The smallest absolute Gasteiger partial charge is 0.451 e. The van der Waals surface area contributed by atoms with Crippen LogP contribution in [0, 0.1) is 0 Å². The van der Waals surface area contributed by atoms with E-state index in [0.29, 0.717) is 31.7 Å². The molecule has 5 N–H and O–H groups in total. The van der Waals surface area contributed by atoms with Crippen molar-refractivity contribution in [3.63, 3.8) is 0 Å². The summed E-state index contributed by atoms with van der Waals surface area (Å²) in [6, 6.07) is 11.0. The molecule has 1 aromatic rings. The van der Waals surface area contributed by atoms with E-state index in [-0.39, 0.29) is 6.32 Å². The number of piperidine rings is 1. The molecular weight excluding hydrogens is 355 g/mol. The SMILES string of the molecule is NC(CCCCB(O)O)(CCCN1CCCCC1Cc1ccccc1)C(=O)O. The molecule has 0 amide bonds. The van der Waals surface area contributed by atoms with E-state index in [9.17, 15) is 9.90 Å². The summed E-state index contributed by atoms with van der Waals surface area (Å²) in [5.74, 6) is -0.962. The molecular formula is C21H35BN2O4. The number of unbranched alkanes of at least 4 members (excludes halogenated alkanes) is 1. The minimum atomic E-state index is -1.34. The second-order valence-corrected chi connectivity index (χ2v) is 8.17. The normalized spacial score (nSPS) is 19.9. The van der Waals surface area contributed by atoms with Crippen molar-refractivity contribution in [1.29, 1.82) is 0 Å². The Bertz CT molecular complexity index is 587. The Labute approximate surface area is 168 Å². The third-order valence-electron chi connectivity index (χ3n) is 5.89. The van der Waals surface area contributed by atoms with Gasteiger partial charge in [-0.3, -0.25) is 4.79 Å². The molecule has 0 saturated carbocycles. The topological polar surface area (TPSA) is 107 Å². The number of likely N-dealkylation sites (tertiary alicyclic amines) is 1. The summed E-state index contributed by atoms with van der Waals surface area (Å²) in [6.07, 6.45) is 7.64. The molecule has 0 aromatic heterocycles. The highest BCUT2D eigenvalue weighted by molar-refractivity contribution is 6.40. The highest BCUT2D eigenvalue weighted by atomic mass is 16.4. The standard InChI is InChI=1S/C21H35BN2O4/c23-21(20(25)26,12-5-6-14-22(27)28)13-8-16-24-15-7-4-11-19(24)17-18-9-2-1-3-10-18/h1-3,9-10,19,27-28H,4-8,11-17,23H2,(H,25,26). The van der Waals surface area contributed by atoms with Crippen LogP contribution in [0.2, 0.25) is 6.32 Å². The highest BCUT2D eigenvalue weighted by Gasteiger charge is 2.33. The van der Waals surface area contributed by atoms with Gasteiger partial charge in [0.2, 0.25) is 0 Å². The number of aliphatic carboxylic acids is 1. The van der Waals surface area contributed by atoms with Crippen molar-refractivity contribution in [2.45, 2.75) is 75.7 Å². The fourth-order valence-corrected chi connectivity index (χ4v) is 4.18. The maximum Gasteiger partial charge on any atom is 0.451 e. The van der Waals surface area contributed by atoms with Crippen molar-refractivity contribution in [1.82, 2.24) is 4.90 Å². The van der Waals surface area contributed by atoms with E-state index >= 15 is 0 Å². The zero-order valence-electron chi connectivity index (χ0n) is 16.8. The molecule has 7 heteroatoms. The van der Waals surface area contributed by atoms with E-state index < -0.39 is 18.6 Å². The fourth-order valence-electron chi connectivity index (χ4n) is 4.18. The molecule has 1 aliphatic rings. The lowest BCUT2D eigenvalue weighted by molar-refractivity contribution is -0.144. The summed E-state index contributed by atoms with van der Waals surface area (Å²) in [5, 5.41) is 27.4. The Morgan fingerprint density at radius 2 is 1.86 bits per heavy atom. The quantitative estimate of drug-likeness (QED) is 0.322. The lowest BCUT2D eigenvalue weighted by atomic mass is 9.81. The van der Waals surface area contributed by atoms with Crippen LogP contribution in [0.4, 0.5) is 0 Å². The molecule has 6 nitrogen and oxygen atoms in total. The molecule has 1 aromatic carbocycles. The number of carboxylic acids is 1. The molecule has 2 unspecified atom stereocenters. The first-order chi connectivity index (χ1) is 13.4. The first-order valence-corrected chi connectivity index (χ1v) is 10.6. The molecule has 1 fully saturated rings. The Morgan fingerprint density at radius 3 is 2.54 bits per heavy atom. The number of carbonyl (C=O) groups is 1. The Morgan fingerprint density at radius 1 is 1.14 bits per heavy atom. The summed E-state index contributed by atoms with van der Waals surface area (Å²) < 4.78 is 0. The van der Waals surface area contributed by atoms with Crippen molar-refractivity contribution in [2.75, 3.05) is 13.1 Å². The van der Waals surface area contributed by atoms with E-state index in [2.05, 4.69) is 29.2 Å². The van der Waals surface area contributed by atoms with Gasteiger partial charge in [-0.2, -0.15) is 0 Å². The third-order valence-corrected chi connectivity index (χ3v) is 5.89. The van der Waals surface area contributed by atoms with E-state index in [1.165, 1.54) is 24.8 Å². The van der Waals surface area contributed by atoms with Crippen LogP contribution in [0.3, 0.4) is 0 Å². The summed E-state index contributed by atoms with van der Waals surface area (Å²) in [4.78, 5) is 14.2. The Balaban J connectivity index is 1.82. The number of hydrogen-bond acceptors (Lipinski definition) is 5. The average molecular weight is 390 g/mol. The maximum absolute atomic E-state index is 11.7. The van der Waals surface area contributed by atoms with Crippen molar-refractivity contribution in [3.05, 3.63) is 35.9 Å². The Hall–Kier alpha value is -1.41. The second kappa shape index (κ2) is 11.6. The van der Waals surface area contributed by atoms with E-state index in [0.717, 1.165) is 25.9 Å². The molecule has 1 heterocycles. The molecule has 0 bridgehead atoms. The van der Waals surface area contributed by atoms with Crippen LogP contribution in [-0.4, -0.2) is 57.8 Å². The summed E-state index contributed by atoms with van der Waals surface area (Å²) in [7, 11) is -1.34. The zero-order valence-corrected chi connectivity index (χ0v) is 16.8. The van der Waals surface area contributed by atoms with Crippen molar-refractivity contribution < 1.29 is 19.9 Å². The summed E-state index contributed by atoms with van der Waals surface area (Å²) in [5.41, 5.74) is 6.31. The van der Waals surface area contributed by atoms with Crippen LogP contribution in [0.15, 0.2) is 30.3 Å². The van der Waals surface area contributed by atoms with E-state index in [1.54, 1.807) is 0 Å². The van der Waals surface area contributed by atoms with Gasteiger partial charge in [0, 0.05) is 6.04 Å². The van der Waals surface area contributed by atoms with Gasteiger partial charge in [0.25, 0.3) is 0 Å². The molecule has 2 rings (SSSR count). The number of nitrogens with zero attached hydrogens (tertiary/aromatic N) is 1. The van der Waals surface area contributed by atoms with Crippen LogP contribution < -0.4 is 5.73 Å². The van der Waals surface area contributed by atoms with Gasteiger partial charge in [-0.05, 0) is 63.5 Å². The lowest BCUT2D eigenvalue weighted by Gasteiger charge is -2.36. The minimum Gasteiger partial charge on any atom is -0.480 e. The molecule has 0 radical (unpaired) electrons. The van der Waals surface area contributed by atoms with Gasteiger partial charge >= 0.3 is 13.1 Å². The largest absolute Gasteiger partial charge is 0.480 e. The van der Waals surface area contributed by atoms with Crippen molar-refractivity contribution in [2.24, 2.45) is 5.73 Å². The molecule has 156 valence electrons. The van der Waals surface area contributed by atoms with Gasteiger partial charge in [-0.1, -0.05) is 49.6 Å². The number of carboxylic acid groups (broad SMARTS) is 1. The predicted octanol–water partition coefficient (Wildman–Crippen LogP) is 2.29. The number of hydrogen-bond donors (Lipinski definition) is 4. The predicted molar refractivity (Wildman–Crippen MR) is 112 cm³/mol. The van der Waals surface area contributed by atoms with E-state index in [1.807, 2.05) is 6.07 Å². The molecule has 0 aliphatic carbocycles. The van der Waals surface area contributed by atoms with Crippen molar-refractivity contribution >= 4 is 13.1 Å². The highest BCUT2D eigenvalue weighted by Crippen LogP contribution is 2.24. The Kier molecular flexibility index (Phi) is 9.45. The van der Waals surface area contributed by atoms with Crippen LogP contribution >= 0.6 is 0 Å². The molecule has 28 heavy (non-hydrogen) atoms. The molecule has 1 saturated heterocycles. The van der Waals surface area contributed by atoms with Gasteiger partial charge in [0.15, 0.2) is 0 Å². The van der Waals surface area contributed by atoms with Gasteiger partial charge in [-0.25, -0.2) is 0 Å². The number of benzene rings is 1. The fraction of sp³-hybridized carbons (Fsp3) is 0.667. The lowest BCUT2D eigenvalue weighted by Crippen LogP contribution is -2.49. The van der Waals surface area contributed by atoms with Crippen LogP contribution in [0.1, 0.15) is 56.9 Å². The van der Waals surface area contributed by atoms with Gasteiger partial charge in [0.05, 0.1) is 0 Å². The van der Waals surface area contributed by atoms with Gasteiger partial charge in [0.1, 0.15) is 5.54 Å². The zero-order chi connectivity index (χ0) is 20.4. The van der Waals surface area contributed by atoms with Crippen LogP contribution in [-0.2, 0) is 11.2 Å². The number of nitrogens with two attached hydrogens (primary N) is 1. The summed E-state index contributed by atoms with van der Waals surface area (Å²) >= 11 is 0. The monoisotopic (exact) mass is 390 g/mol. The molecule has 2 atom stereocenters. The van der Waals surface area contributed by atoms with Crippen LogP contribution in [0.25, 0.3) is 0 Å². The number of rotatable bonds is 12. The molecule has 1 aliphatic heterocycles. The summed E-state index contributed by atoms with van der Waals surface area (Å²) in [6.45, 7) is 1.94. The third kappa shape index (κ3) is 7.55. The first-order valence-electron chi connectivity index (χ1n) is 10.6. The second-order valence-electron chi connectivity index (χ2n) is 8.17. The van der Waals surface area contributed by atoms with Gasteiger partial charge < -0.3 is 25.8 Å². The maximum atomic E-state index is 11.7. The van der Waals surface area contributed by atoms with Crippen LogP contribution in [0.5, 0.6) is 0 Å². The average Bonchev–Trinajstić information content (AvgIpc) is 2.67.